The van der Waals surface area contributed by atoms with E-state index in [1.165, 1.54) is 23.3 Å². The number of carbonyl (C=O) groups excluding carboxylic acids is 3. The Kier molecular flexibility index (Phi) is 8.23. The average Bonchev–Trinajstić information content (AvgIpc) is 3.59. The van der Waals surface area contributed by atoms with Gasteiger partial charge in [0.25, 0.3) is 0 Å². The van der Waals surface area contributed by atoms with Crippen LogP contribution in [-0.4, -0.2) is 64.6 Å². The van der Waals surface area contributed by atoms with Crippen LogP contribution in [0.4, 0.5) is 9.93 Å². The van der Waals surface area contributed by atoms with Gasteiger partial charge in [-0.1, -0.05) is 58.4 Å². The van der Waals surface area contributed by atoms with Gasteiger partial charge < -0.3 is 19.7 Å². The number of rotatable bonds is 6. The molecule has 0 spiro atoms. The van der Waals surface area contributed by atoms with E-state index >= 15 is 0 Å². The number of hydrogen-bond acceptors (Lipinski definition) is 8. The molecule has 38 heavy (non-hydrogen) atoms. The second-order valence-electron chi connectivity index (χ2n) is 11.2. The van der Waals surface area contributed by atoms with Crippen molar-refractivity contribution in [1.29, 1.82) is 0 Å². The summed E-state index contributed by atoms with van der Waals surface area (Å²) < 4.78 is 10.8. The molecule has 4 rings (SSSR count). The molecule has 1 saturated heterocycles. The molecule has 2 amide bonds. The Morgan fingerprint density at radius 3 is 2.55 bits per heavy atom. The number of anilines is 1. The maximum atomic E-state index is 13.9. The standard InChI is InChI=1S/C27H35ClN4O5S/c1-15(2)21-11-29-25(38-21)30-22(27(3,4)5)23(33)32-13-17(10-20(32)24(34)36-6)37-26(35)31-12-16-8-7-9-19(28)18(16)14-31/h7-9,11,15,17,20,22H,10,12-14H2,1-6H3,(H,29,30)/t17-,20+,22-/m1/s1. The third-order valence-electron chi connectivity index (χ3n) is 6.94. The Balaban J connectivity index is 1.49. The lowest BCUT2D eigenvalue weighted by atomic mass is 9.85. The number of benzene rings is 1. The molecule has 1 fully saturated rings. The van der Waals surface area contributed by atoms with Gasteiger partial charge in [0, 0.05) is 29.1 Å². The fourth-order valence-electron chi connectivity index (χ4n) is 4.77. The summed E-state index contributed by atoms with van der Waals surface area (Å²) in [4.78, 5) is 48.2. The third kappa shape index (κ3) is 5.91. The number of aromatic nitrogens is 1. The number of halogens is 1. The monoisotopic (exact) mass is 562 g/mol. The summed E-state index contributed by atoms with van der Waals surface area (Å²) >= 11 is 7.80. The van der Waals surface area contributed by atoms with Crippen molar-refractivity contribution in [3.63, 3.8) is 0 Å². The highest BCUT2D eigenvalue weighted by atomic mass is 35.5. The van der Waals surface area contributed by atoms with Crippen LogP contribution in [0.25, 0.3) is 0 Å². The smallest absolute Gasteiger partial charge is 0.410 e. The SMILES string of the molecule is COC(=O)[C@@H]1C[C@@H](OC(=O)N2Cc3cccc(Cl)c3C2)CN1C(=O)[C@@H](Nc1ncc(C(C)C)s1)C(C)(C)C. The van der Waals surface area contributed by atoms with Gasteiger partial charge in [-0.05, 0) is 28.5 Å². The van der Waals surface area contributed by atoms with Gasteiger partial charge in [0.05, 0.1) is 20.2 Å². The highest BCUT2D eigenvalue weighted by Crippen LogP contribution is 2.33. The zero-order chi connectivity index (χ0) is 27.8. The van der Waals surface area contributed by atoms with Crippen molar-refractivity contribution in [2.24, 2.45) is 5.41 Å². The number of methoxy groups -OCH3 is 1. The van der Waals surface area contributed by atoms with E-state index in [2.05, 4.69) is 24.1 Å². The van der Waals surface area contributed by atoms with E-state index in [-0.39, 0.29) is 18.9 Å². The van der Waals surface area contributed by atoms with E-state index < -0.39 is 35.7 Å². The van der Waals surface area contributed by atoms with Gasteiger partial charge in [0.2, 0.25) is 5.91 Å². The number of ether oxygens (including phenoxy) is 2. The number of amides is 2. The van der Waals surface area contributed by atoms with Crippen molar-refractivity contribution in [2.45, 2.75) is 78.2 Å². The van der Waals surface area contributed by atoms with Gasteiger partial charge in [0.1, 0.15) is 18.2 Å². The number of esters is 1. The summed E-state index contributed by atoms with van der Waals surface area (Å²) in [7, 11) is 1.29. The summed E-state index contributed by atoms with van der Waals surface area (Å²) in [5, 5.41) is 4.56. The van der Waals surface area contributed by atoms with Gasteiger partial charge in [-0.3, -0.25) is 9.69 Å². The lowest BCUT2D eigenvalue weighted by Gasteiger charge is -2.35. The Labute approximate surface area is 232 Å². The number of thiazole rings is 1. The first-order chi connectivity index (χ1) is 17.9. The molecule has 2 aliphatic rings. The maximum Gasteiger partial charge on any atom is 0.410 e. The lowest BCUT2D eigenvalue weighted by Crippen LogP contribution is -2.52. The molecule has 1 N–H and O–H groups in total. The minimum atomic E-state index is -0.857. The topological polar surface area (TPSA) is 101 Å². The third-order valence-corrected chi connectivity index (χ3v) is 8.53. The Morgan fingerprint density at radius 2 is 1.95 bits per heavy atom. The highest BCUT2D eigenvalue weighted by molar-refractivity contribution is 7.15. The van der Waals surface area contributed by atoms with Crippen molar-refractivity contribution in [3.8, 4) is 0 Å². The van der Waals surface area contributed by atoms with Crippen molar-refractivity contribution < 1.29 is 23.9 Å². The van der Waals surface area contributed by atoms with Gasteiger partial charge >= 0.3 is 12.1 Å². The molecule has 0 bridgehead atoms. The molecule has 9 nitrogen and oxygen atoms in total. The molecule has 3 atom stereocenters. The first-order valence-corrected chi connectivity index (χ1v) is 13.9. The molecule has 11 heteroatoms. The van der Waals surface area contributed by atoms with E-state index in [4.69, 9.17) is 21.1 Å². The van der Waals surface area contributed by atoms with Crippen LogP contribution in [0.1, 0.15) is 63.0 Å². The Morgan fingerprint density at radius 1 is 1.21 bits per heavy atom. The summed E-state index contributed by atoms with van der Waals surface area (Å²) in [5.41, 5.74) is 1.40. The molecule has 0 saturated carbocycles. The van der Waals surface area contributed by atoms with Crippen LogP contribution >= 0.6 is 22.9 Å². The van der Waals surface area contributed by atoms with E-state index in [1.54, 1.807) is 11.0 Å². The normalized spacial score (nSPS) is 19.9. The van der Waals surface area contributed by atoms with Gasteiger partial charge in [-0.25, -0.2) is 14.6 Å². The van der Waals surface area contributed by atoms with Crippen LogP contribution in [-0.2, 0) is 32.2 Å². The van der Waals surface area contributed by atoms with Gasteiger partial charge in [-0.15, -0.1) is 11.3 Å². The van der Waals surface area contributed by atoms with Gasteiger partial charge in [-0.2, -0.15) is 0 Å². The number of carbonyl (C=O) groups is 3. The fraction of sp³-hybridized carbons (Fsp3) is 0.556. The molecule has 0 radical (unpaired) electrons. The van der Waals surface area contributed by atoms with Crippen LogP contribution in [0, 0.1) is 5.41 Å². The maximum absolute atomic E-state index is 13.9. The minimum Gasteiger partial charge on any atom is -0.467 e. The number of hydrogen-bond donors (Lipinski definition) is 1. The quantitative estimate of drug-likeness (QED) is 0.492. The van der Waals surface area contributed by atoms with Crippen molar-refractivity contribution in [2.75, 3.05) is 19.0 Å². The first kappa shape index (κ1) is 28.2. The van der Waals surface area contributed by atoms with Crippen LogP contribution in [0.3, 0.4) is 0 Å². The van der Waals surface area contributed by atoms with Crippen LogP contribution in [0.15, 0.2) is 24.4 Å². The van der Waals surface area contributed by atoms with Crippen molar-refractivity contribution >= 4 is 46.0 Å². The average molecular weight is 563 g/mol. The second-order valence-corrected chi connectivity index (χ2v) is 12.6. The predicted molar refractivity (Wildman–Crippen MR) is 146 cm³/mol. The Bertz CT molecular complexity index is 1210. The number of likely N-dealkylation sites (tertiary alicyclic amines) is 1. The highest BCUT2D eigenvalue weighted by Gasteiger charge is 2.46. The Hall–Kier alpha value is -2.85. The molecule has 0 aliphatic carbocycles. The summed E-state index contributed by atoms with van der Waals surface area (Å²) in [6, 6.07) is 4.07. The molecular formula is C27H35ClN4O5S. The molecule has 2 aliphatic heterocycles. The molecule has 3 heterocycles. The molecule has 1 aromatic heterocycles. The summed E-state index contributed by atoms with van der Waals surface area (Å²) in [6.45, 7) is 10.9. The zero-order valence-corrected chi connectivity index (χ0v) is 24.2. The summed E-state index contributed by atoms with van der Waals surface area (Å²) in [6.07, 6.45) is 0.823. The van der Waals surface area contributed by atoms with E-state index in [1.807, 2.05) is 39.1 Å². The van der Waals surface area contributed by atoms with Crippen LogP contribution in [0.2, 0.25) is 5.02 Å². The molecule has 0 unspecified atom stereocenters. The lowest BCUT2D eigenvalue weighted by molar-refractivity contribution is -0.151. The largest absolute Gasteiger partial charge is 0.467 e. The van der Waals surface area contributed by atoms with Crippen LogP contribution < -0.4 is 5.32 Å². The second kappa shape index (κ2) is 11.1. The first-order valence-electron chi connectivity index (χ1n) is 12.7. The molecule has 1 aromatic carbocycles. The minimum absolute atomic E-state index is 0.0925. The van der Waals surface area contributed by atoms with Crippen molar-refractivity contribution in [1.82, 2.24) is 14.8 Å². The van der Waals surface area contributed by atoms with Crippen LogP contribution in [0.5, 0.6) is 0 Å². The van der Waals surface area contributed by atoms with E-state index in [9.17, 15) is 14.4 Å². The molecular weight excluding hydrogens is 528 g/mol. The van der Waals surface area contributed by atoms with E-state index in [0.717, 1.165) is 16.0 Å². The number of nitrogens with zero attached hydrogens (tertiary/aromatic N) is 3. The summed E-state index contributed by atoms with van der Waals surface area (Å²) in [5.74, 6) is -0.488. The molecule has 2 aromatic rings. The zero-order valence-electron chi connectivity index (χ0n) is 22.6. The predicted octanol–water partition coefficient (Wildman–Crippen LogP) is 5.04. The fourth-order valence-corrected chi connectivity index (χ4v) is 5.87. The van der Waals surface area contributed by atoms with E-state index in [0.29, 0.717) is 29.2 Å². The number of fused-ring (bicyclic) bond motifs is 1. The number of nitrogens with one attached hydrogen (secondary N) is 1. The van der Waals surface area contributed by atoms with Gasteiger partial charge in [0.15, 0.2) is 5.13 Å². The molecule has 206 valence electrons. The van der Waals surface area contributed by atoms with Crippen molar-refractivity contribution in [3.05, 3.63) is 45.4 Å².